The van der Waals surface area contributed by atoms with Crippen molar-refractivity contribution in [1.29, 1.82) is 0 Å². The predicted molar refractivity (Wildman–Crippen MR) is 123 cm³/mol. The Morgan fingerprint density at radius 1 is 1.03 bits per heavy atom. The minimum absolute atomic E-state index is 0.131. The number of hydrogen-bond acceptors (Lipinski definition) is 3. The number of carboxylic acid groups (broad SMARTS) is 1. The molecule has 0 heterocycles. The van der Waals surface area contributed by atoms with E-state index < -0.39 is 18.2 Å². The number of benzene rings is 2. The number of carbonyl (C=O) groups excluding carboxylic acids is 1. The zero-order valence-electron chi connectivity index (χ0n) is 18.9. The lowest BCUT2D eigenvalue weighted by molar-refractivity contribution is -0.274. The highest BCUT2D eigenvalue weighted by Gasteiger charge is 2.33. The number of amides is 1. The molecule has 2 aromatic carbocycles. The van der Waals surface area contributed by atoms with Crippen LogP contribution in [0.1, 0.15) is 68.4 Å². The average molecular weight is 478 g/mol. The minimum atomic E-state index is -4.76. The van der Waals surface area contributed by atoms with Crippen LogP contribution in [-0.2, 0) is 16.0 Å². The highest BCUT2D eigenvalue weighted by Crippen LogP contribution is 2.39. The number of aliphatic carboxylic acids is 1. The third-order valence-corrected chi connectivity index (χ3v) is 6.18. The van der Waals surface area contributed by atoms with Crippen LogP contribution in [0, 0.1) is 5.92 Å². The molecule has 2 N–H and O–H groups in total. The van der Waals surface area contributed by atoms with Crippen molar-refractivity contribution in [2.24, 2.45) is 5.92 Å². The van der Waals surface area contributed by atoms with Crippen molar-refractivity contribution in [3.63, 3.8) is 0 Å². The van der Waals surface area contributed by atoms with Crippen molar-refractivity contribution in [2.75, 3.05) is 5.32 Å². The molecule has 5 nitrogen and oxygen atoms in total. The van der Waals surface area contributed by atoms with Gasteiger partial charge in [-0.25, -0.2) is 0 Å². The first kappa shape index (κ1) is 25.6. The minimum Gasteiger partial charge on any atom is -0.481 e. The van der Waals surface area contributed by atoms with Gasteiger partial charge in [0.25, 0.3) is 0 Å². The number of carbonyl (C=O) groups is 2. The Labute approximate surface area is 197 Å². The molecule has 2 aromatic rings. The fourth-order valence-electron chi connectivity index (χ4n) is 4.61. The topological polar surface area (TPSA) is 75.6 Å². The van der Waals surface area contributed by atoms with Gasteiger partial charge in [0, 0.05) is 12.1 Å². The highest BCUT2D eigenvalue weighted by molar-refractivity contribution is 5.96. The van der Waals surface area contributed by atoms with Crippen molar-refractivity contribution < 1.29 is 32.6 Å². The monoisotopic (exact) mass is 477 g/mol. The van der Waals surface area contributed by atoms with Gasteiger partial charge in [-0.3, -0.25) is 9.59 Å². The maximum Gasteiger partial charge on any atom is 0.573 e. The third-order valence-electron chi connectivity index (χ3n) is 6.18. The van der Waals surface area contributed by atoms with E-state index in [0.717, 1.165) is 50.5 Å². The Hall–Kier alpha value is -3.03. The second-order valence-corrected chi connectivity index (χ2v) is 8.78. The summed E-state index contributed by atoms with van der Waals surface area (Å²) in [4.78, 5) is 23.9. The number of anilines is 1. The molecule has 1 fully saturated rings. The summed E-state index contributed by atoms with van der Waals surface area (Å²) in [5.74, 6) is -1.59. The van der Waals surface area contributed by atoms with Gasteiger partial charge in [0.1, 0.15) is 5.75 Å². The summed E-state index contributed by atoms with van der Waals surface area (Å²) in [6.45, 7) is 0. The molecule has 1 unspecified atom stereocenters. The highest BCUT2D eigenvalue weighted by atomic mass is 19.4. The fourth-order valence-corrected chi connectivity index (χ4v) is 4.61. The van der Waals surface area contributed by atoms with E-state index in [0.29, 0.717) is 17.7 Å². The maximum atomic E-state index is 13.3. The van der Waals surface area contributed by atoms with Gasteiger partial charge >= 0.3 is 12.3 Å². The van der Waals surface area contributed by atoms with Crippen molar-refractivity contribution in [3.05, 3.63) is 59.7 Å². The van der Waals surface area contributed by atoms with Gasteiger partial charge in [-0.1, -0.05) is 43.5 Å². The van der Waals surface area contributed by atoms with E-state index in [1.54, 1.807) is 0 Å². The van der Waals surface area contributed by atoms with Crippen LogP contribution in [0.4, 0.5) is 18.9 Å². The van der Waals surface area contributed by atoms with Crippen LogP contribution in [0.15, 0.2) is 48.5 Å². The molecule has 3 rings (SSSR count). The molecule has 0 saturated heterocycles. The summed E-state index contributed by atoms with van der Waals surface area (Å²) in [5, 5.41) is 11.7. The maximum absolute atomic E-state index is 13.3. The molecular formula is C26H30F3NO4. The molecule has 1 aliphatic carbocycles. The average Bonchev–Trinajstić information content (AvgIpc) is 3.28. The van der Waals surface area contributed by atoms with E-state index in [9.17, 15) is 22.8 Å². The molecule has 34 heavy (non-hydrogen) atoms. The Morgan fingerprint density at radius 3 is 2.38 bits per heavy atom. The zero-order chi connectivity index (χ0) is 24.6. The summed E-state index contributed by atoms with van der Waals surface area (Å²) in [6, 6.07) is 13.2. The predicted octanol–water partition coefficient (Wildman–Crippen LogP) is 6.69. The van der Waals surface area contributed by atoms with Crippen LogP contribution >= 0.6 is 0 Å². The van der Waals surface area contributed by atoms with Crippen molar-refractivity contribution >= 4 is 17.6 Å². The first-order valence-electron chi connectivity index (χ1n) is 11.7. The quantitative estimate of drug-likeness (QED) is 0.354. The number of nitrogens with one attached hydrogen (secondary N) is 1. The van der Waals surface area contributed by atoms with Gasteiger partial charge in [0.2, 0.25) is 5.91 Å². The summed E-state index contributed by atoms with van der Waals surface area (Å²) in [6.07, 6.45) is 2.37. The van der Waals surface area contributed by atoms with Gasteiger partial charge in [-0.05, 0) is 73.4 Å². The van der Waals surface area contributed by atoms with E-state index in [1.165, 1.54) is 24.3 Å². The van der Waals surface area contributed by atoms with Gasteiger partial charge < -0.3 is 15.2 Å². The standard InChI is InChI=1S/C26H30F3NO4/c27-26(28,29)34-22-15-13-20(14-16-22)24(19-9-4-5-10-19)25(33)30-21-11-6-8-18(17-21)7-2-1-3-12-23(31)32/h6,8,11,13-17,19,24H,1-5,7,9-10,12H2,(H,30,33)(H,31,32). The van der Waals surface area contributed by atoms with E-state index in [1.807, 2.05) is 24.3 Å². The lowest BCUT2D eigenvalue weighted by Gasteiger charge is -2.24. The number of alkyl halides is 3. The van der Waals surface area contributed by atoms with E-state index in [-0.39, 0.29) is 24.0 Å². The lowest BCUT2D eigenvalue weighted by atomic mass is 9.84. The van der Waals surface area contributed by atoms with Gasteiger partial charge in [-0.15, -0.1) is 13.2 Å². The number of carboxylic acids is 1. The summed E-state index contributed by atoms with van der Waals surface area (Å²) >= 11 is 0. The molecule has 0 aromatic heterocycles. The molecule has 1 atom stereocenters. The van der Waals surface area contributed by atoms with Crippen LogP contribution < -0.4 is 10.1 Å². The molecule has 1 aliphatic rings. The second kappa shape index (κ2) is 11.9. The third kappa shape index (κ3) is 8.08. The number of hydrogen-bond donors (Lipinski definition) is 2. The molecule has 1 saturated carbocycles. The Morgan fingerprint density at radius 2 is 1.74 bits per heavy atom. The molecular weight excluding hydrogens is 447 g/mol. The van der Waals surface area contributed by atoms with E-state index in [4.69, 9.17) is 5.11 Å². The van der Waals surface area contributed by atoms with Crippen LogP contribution in [0.3, 0.4) is 0 Å². The van der Waals surface area contributed by atoms with Crippen LogP contribution in [-0.4, -0.2) is 23.3 Å². The summed E-state index contributed by atoms with van der Waals surface area (Å²) in [7, 11) is 0. The summed E-state index contributed by atoms with van der Waals surface area (Å²) in [5.41, 5.74) is 2.40. The number of aryl methyl sites for hydroxylation is 1. The Bertz CT molecular complexity index is 953. The van der Waals surface area contributed by atoms with Gasteiger partial charge in [0.05, 0.1) is 5.92 Å². The van der Waals surface area contributed by atoms with Crippen molar-refractivity contribution in [1.82, 2.24) is 0 Å². The smallest absolute Gasteiger partial charge is 0.481 e. The second-order valence-electron chi connectivity index (χ2n) is 8.78. The first-order chi connectivity index (χ1) is 16.2. The molecule has 8 heteroatoms. The number of halogens is 3. The van der Waals surface area contributed by atoms with Crippen molar-refractivity contribution in [2.45, 2.75) is 70.1 Å². The summed E-state index contributed by atoms with van der Waals surface area (Å²) < 4.78 is 41.4. The molecule has 0 bridgehead atoms. The van der Waals surface area contributed by atoms with E-state index >= 15 is 0 Å². The lowest BCUT2D eigenvalue weighted by Crippen LogP contribution is -2.26. The van der Waals surface area contributed by atoms with Crippen molar-refractivity contribution in [3.8, 4) is 5.75 Å². The number of rotatable bonds is 11. The number of unbranched alkanes of at least 4 members (excludes halogenated alkanes) is 2. The van der Waals surface area contributed by atoms with Gasteiger partial charge in [0.15, 0.2) is 0 Å². The van der Waals surface area contributed by atoms with Gasteiger partial charge in [-0.2, -0.15) is 0 Å². The molecule has 184 valence electrons. The van der Waals surface area contributed by atoms with E-state index in [2.05, 4.69) is 10.1 Å². The molecule has 0 radical (unpaired) electrons. The molecule has 0 aliphatic heterocycles. The normalized spacial score (nSPS) is 15.1. The zero-order valence-corrected chi connectivity index (χ0v) is 18.9. The van der Waals surface area contributed by atoms with Crippen LogP contribution in [0.5, 0.6) is 5.75 Å². The Balaban J connectivity index is 1.66. The molecule has 1 amide bonds. The SMILES string of the molecule is O=C(O)CCCCCc1cccc(NC(=O)C(c2ccc(OC(F)(F)F)cc2)C2CCCC2)c1. The Kier molecular flexibility index (Phi) is 8.96. The first-order valence-corrected chi connectivity index (χ1v) is 11.7. The van der Waals surface area contributed by atoms with Crippen LogP contribution in [0.2, 0.25) is 0 Å². The largest absolute Gasteiger partial charge is 0.573 e. The number of ether oxygens (including phenoxy) is 1. The molecule has 0 spiro atoms. The fraction of sp³-hybridized carbons (Fsp3) is 0.462. The van der Waals surface area contributed by atoms with Crippen LogP contribution in [0.25, 0.3) is 0 Å².